The average Bonchev–Trinajstić information content (AvgIpc) is 3.51. The molecule has 0 bridgehead atoms. The molecule has 0 radical (unpaired) electrons. The Bertz CT molecular complexity index is 2460. The van der Waals surface area contributed by atoms with Gasteiger partial charge in [-0.2, -0.15) is 5.26 Å². The van der Waals surface area contributed by atoms with Crippen LogP contribution >= 0.6 is 0 Å². The second kappa shape index (κ2) is 10.2. The number of hydrogen-bond acceptors (Lipinski definition) is 3. The first kappa shape index (κ1) is 26.2. The molecule has 0 aliphatic carbocycles. The van der Waals surface area contributed by atoms with E-state index in [2.05, 4.69) is 150 Å². The Labute approximate surface area is 267 Å². The highest BCUT2D eigenvalue weighted by Crippen LogP contribution is 2.52. The number of hydrogen-bond donors (Lipinski definition) is 0. The monoisotopic (exact) mass is 588 g/mol. The number of imidazole rings is 1. The lowest BCUT2D eigenvalue weighted by atomic mass is 9.85. The summed E-state index contributed by atoms with van der Waals surface area (Å²) in [7, 11) is 0. The minimum Gasteiger partial charge on any atom is -0.306 e. The van der Waals surface area contributed by atoms with E-state index in [0.717, 1.165) is 51.6 Å². The van der Waals surface area contributed by atoms with Gasteiger partial charge in [-0.1, -0.05) is 104 Å². The highest BCUT2D eigenvalue weighted by atomic mass is 15.2. The lowest BCUT2D eigenvalue weighted by molar-refractivity contribution is 0.902. The SMILES string of the molecule is CCc1nc2cccc3c2n1-c1c(-c2c4ccccc4c(-c4ccc(C#N)cc4)c4ccccc24)cccc1N3c1ccccc1. The molecule has 0 atom stereocenters. The Kier molecular flexibility index (Phi) is 5.81. The first-order valence-corrected chi connectivity index (χ1v) is 15.7. The smallest absolute Gasteiger partial charge is 0.114 e. The van der Waals surface area contributed by atoms with E-state index >= 15 is 0 Å². The van der Waals surface area contributed by atoms with Crippen molar-refractivity contribution in [1.82, 2.24) is 9.55 Å². The number of nitrogens with zero attached hydrogens (tertiary/aromatic N) is 4. The summed E-state index contributed by atoms with van der Waals surface area (Å²) in [6.07, 6.45) is 0.812. The molecule has 0 saturated heterocycles. The fourth-order valence-corrected chi connectivity index (χ4v) is 7.39. The van der Waals surface area contributed by atoms with Gasteiger partial charge in [0.15, 0.2) is 0 Å². The van der Waals surface area contributed by atoms with Crippen LogP contribution in [0.4, 0.5) is 17.1 Å². The van der Waals surface area contributed by atoms with E-state index in [1.54, 1.807) is 0 Å². The summed E-state index contributed by atoms with van der Waals surface area (Å²) >= 11 is 0. The summed E-state index contributed by atoms with van der Waals surface area (Å²) in [4.78, 5) is 7.56. The lowest BCUT2D eigenvalue weighted by Crippen LogP contribution is -2.19. The van der Waals surface area contributed by atoms with Crippen LogP contribution in [0.15, 0.2) is 140 Å². The Balaban J connectivity index is 1.44. The molecule has 1 aliphatic rings. The molecule has 1 aromatic heterocycles. The van der Waals surface area contributed by atoms with E-state index in [9.17, 15) is 5.26 Å². The van der Waals surface area contributed by atoms with Crippen molar-refractivity contribution in [2.75, 3.05) is 4.90 Å². The van der Waals surface area contributed by atoms with E-state index in [1.807, 2.05) is 12.1 Å². The molecule has 4 heteroatoms. The van der Waals surface area contributed by atoms with Gasteiger partial charge in [-0.25, -0.2) is 4.98 Å². The minimum atomic E-state index is 0.659. The number of anilines is 3. The Hall–Kier alpha value is -6.18. The van der Waals surface area contributed by atoms with Crippen LogP contribution in [0.5, 0.6) is 0 Å². The van der Waals surface area contributed by atoms with Gasteiger partial charge in [0.1, 0.15) is 5.82 Å². The molecule has 0 amide bonds. The van der Waals surface area contributed by atoms with Crippen molar-refractivity contribution in [3.63, 3.8) is 0 Å². The number of aromatic nitrogens is 2. The van der Waals surface area contributed by atoms with Crippen molar-refractivity contribution in [2.24, 2.45) is 0 Å². The van der Waals surface area contributed by atoms with E-state index in [1.165, 1.54) is 38.2 Å². The van der Waals surface area contributed by atoms with E-state index < -0.39 is 0 Å². The molecule has 46 heavy (non-hydrogen) atoms. The third-order valence-electron chi connectivity index (χ3n) is 9.28. The van der Waals surface area contributed by atoms with Crippen molar-refractivity contribution in [2.45, 2.75) is 13.3 Å². The van der Waals surface area contributed by atoms with Crippen LogP contribution in [-0.4, -0.2) is 9.55 Å². The zero-order valence-corrected chi connectivity index (χ0v) is 25.3. The van der Waals surface area contributed by atoms with Gasteiger partial charge in [-0.15, -0.1) is 0 Å². The van der Waals surface area contributed by atoms with Gasteiger partial charge in [-0.05, 0) is 80.7 Å². The Morgan fingerprint density at radius 3 is 1.87 bits per heavy atom. The molecule has 0 saturated carbocycles. The second-order valence-electron chi connectivity index (χ2n) is 11.7. The molecule has 1 aliphatic heterocycles. The summed E-state index contributed by atoms with van der Waals surface area (Å²) in [5.41, 5.74) is 12.0. The summed E-state index contributed by atoms with van der Waals surface area (Å²) in [6.45, 7) is 2.19. The second-order valence-corrected chi connectivity index (χ2v) is 11.7. The average molecular weight is 589 g/mol. The van der Waals surface area contributed by atoms with Crippen LogP contribution in [-0.2, 0) is 6.42 Å². The summed E-state index contributed by atoms with van der Waals surface area (Å²) in [5.74, 6) is 1.05. The van der Waals surface area contributed by atoms with Gasteiger partial charge in [0.2, 0.25) is 0 Å². The normalized spacial score (nSPS) is 12.0. The van der Waals surface area contributed by atoms with Gasteiger partial charge in [0.25, 0.3) is 0 Å². The molecule has 7 aromatic carbocycles. The van der Waals surface area contributed by atoms with Gasteiger partial charge >= 0.3 is 0 Å². The molecular weight excluding hydrogens is 560 g/mol. The van der Waals surface area contributed by atoms with Crippen molar-refractivity contribution in [3.8, 4) is 34.0 Å². The van der Waals surface area contributed by atoms with E-state index in [-0.39, 0.29) is 0 Å². The highest BCUT2D eigenvalue weighted by molar-refractivity contribution is 6.22. The van der Waals surface area contributed by atoms with Gasteiger partial charge in [-0.3, -0.25) is 4.57 Å². The maximum absolute atomic E-state index is 9.47. The van der Waals surface area contributed by atoms with Crippen molar-refractivity contribution < 1.29 is 0 Å². The van der Waals surface area contributed by atoms with Crippen molar-refractivity contribution >= 4 is 49.6 Å². The predicted octanol–water partition coefficient (Wildman–Crippen LogP) is 10.9. The van der Waals surface area contributed by atoms with Crippen LogP contribution in [0.3, 0.4) is 0 Å². The lowest BCUT2D eigenvalue weighted by Gasteiger charge is -2.34. The quantitative estimate of drug-likeness (QED) is 0.192. The number of benzene rings is 7. The van der Waals surface area contributed by atoms with Crippen LogP contribution in [0.2, 0.25) is 0 Å². The van der Waals surface area contributed by atoms with Gasteiger partial charge < -0.3 is 4.90 Å². The number of nitriles is 1. The van der Waals surface area contributed by atoms with E-state index in [0.29, 0.717) is 5.56 Å². The molecule has 8 aromatic rings. The maximum Gasteiger partial charge on any atom is 0.114 e. The van der Waals surface area contributed by atoms with Crippen molar-refractivity contribution in [1.29, 1.82) is 5.26 Å². The molecule has 9 rings (SSSR count). The molecule has 0 fully saturated rings. The largest absolute Gasteiger partial charge is 0.306 e. The first-order valence-electron chi connectivity index (χ1n) is 15.7. The van der Waals surface area contributed by atoms with Crippen molar-refractivity contribution in [3.05, 3.63) is 151 Å². The first-order chi connectivity index (χ1) is 22.8. The van der Waals surface area contributed by atoms with Crippen LogP contribution in [0.25, 0.3) is 60.5 Å². The minimum absolute atomic E-state index is 0.659. The molecule has 216 valence electrons. The molecule has 4 nitrogen and oxygen atoms in total. The van der Waals surface area contributed by atoms with E-state index in [4.69, 9.17) is 4.98 Å². The number of fused-ring (bicyclic) bond motifs is 4. The maximum atomic E-state index is 9.47. The molecule has 0 unspecified atom stereocenters. The Morgan fingerprint density at radius 1 is 0.609 bits per heavy atom. The Morgan fingerprint density at radius 2 is 1.22 bits per heavy atom. The standard InChI is InChI=1S/C42H28N4/c1-2-38-44-35-19-11-21-37-42(35)46(38)41-34(18-10-20-36(41)45(37)29-12-4-3-5-13-29)40-32-16-8-6-14-30(32)39(31-15-7-9-17-33(31)40)28-24-22-27(26-43)23-25-28/h3-25H,2H2,1H3. The number of rotatable bonds is 4. The number of para-hydroxylation sites is 3. The molecular formula is C42H28N4. The van der Waals surface area contributed by atoms with Gasteiger partial charge in [0, 0.05) is 17.7 Å². The topological polar surface area (TPSA) is 44.9 Å². The zero-order valence-electron chi connectivity index (χ0n) is 25.3. The zero-order chi connectivity index (χ0) is 30.8. The predicted molar refractivity (Wildman–Crippen MR) is 189 cm³/mol. The number of aryl methyl sites for hydroxylation is 1. The third kappa shape index (κ3) is 3.69. The fraction of sp³-hybridized carbons (Fsp3) is 0.0476. The third-order valence-corrected chi connectivity index (χ3v) is 9.28. The van der Waals surface area contributed by atoms with Gasteiger partial charge in [0.05, 0.1) is 39.7 Å². The van der Waals surface area contributed by atoms with Crippen LogP contribution in [0.1, 0.15) is 18.3 Å². The molecule has 0 N–H and O–H groups in total. The molecule has 0 spiro atoms. The summed E-state index contributed by atoms with van der Waals surface area (Å²) in [5, 5.41) is 14.2. The fourth-order valence-electron chi connectivity index (χ4n) is 7.39. The summed E-state index contributed by atoms with van der Waals surface area (Å²) in [6, 6.07) is 51.5. The summed E-state index contributed by atoms with van der Waals surface area (Å²) < 4.78 is 2.41. The van der Waals surface area contributed by atoms with Crippen LogP contribution < -0.4 is 4.90 Å². The highest BCUT2D eigenvalue weighted by Gasteiger charge is 2.31. The van der Waals surface area contributed by atoms with Crippen LogP contribution in [0, 0.1) is 11.3 Å². The molecule has 2 heterocycles.